The van der Waals surface area contributed by atoms with Gasteiger partial charge in [0, 0.05) is 19.1 Å². The third-order valence-corrected chi connectivity index (χ3v) is 7.82. The molecular weight excluding hydrogens is 380 g/mol. The van der Waals surface area contributed by atoms with Gasteiger partial charge in [0.1, 0.15) is 11.4 Å². The Morgan fingerprint density at radius 3 is 2.70 bits per heavy atom. The van der Waals surface area contributed by atoms with Gasteiger partial charge in [0.15, 0.2) is 0 Å². The topological polar surface area (TPSA) is 65.0 Å². The number of ether oxygens (including phenoxy) is 3. The summed E-state index contributed by atoms with van der Waals surface area (Å²) < 4.78 is 18.8. The Morgan fingerprint density at radius 1 is 1.10 bits per heavy atom. The zero-order chi connectivity index (χ0) is 21.0. The van der Waals surface area contributed by atoms with Crippen LogP contribution in [0.25, 0.3) is 10.8 Å². The number of esters is 1. The molecular formula is C25H30O5. The first-order valence-electron chi connectivity index (χ1n) is 11.1. The molecule has 0 bridgehead atoms. The summed E-state index contributed by atoms with van der Waals surface area (Å²) in [6.07, 6.45) is 1.95. The second kappa shape index (κ2) is 7.24. The van der Waals surface area contributed by atoms with E-state index >= 15 is 0 Å². The van der Waals surface area contributed by atoms with Crippen LogP contribution in [0.4, 0.5) is 0 Å². The van der Waals surface area contributed by atoms with E-state index in [4.69, 9.17) is 14.2 Å². The Labute approximate surface area is 177 Å². The Kier molecular flexibility index (Phi) is 4.79. The Morgan fingerprint density at radius 2 is 1.90 bits per heavy atom. The fraction of sp³-hybridized carbons (Fsp3) is 0.560. The maximum Gasteiger partial charge on any atom is 0.305 e. The summed E-state index contributed by atoms with van der Waals surface area (Å²) in [6, 6.07) is 11.7. The van der Waals surface area contributed by atoms with Crippen LogP contribution < -0.4 is 0 Å². The molecule has 0 amide bonds. The minimum absolute atomic E-state index is 0.113. The van der Waals surface area contributed by atoms with Gasteiger partial charge >= 0.3 is 5.97 Å². The average Bonchev–Trinajstić information content (AvgIpc) is 3.17. The van der Waals surface area contributed by atoms with E-state index in [1.54, 1.807) is 6.07 Å². The minimum Gasteiger partial charge on any atom is -0.508 e. The molecule has 30 heavy (non-hydrogen) atoms. The van der Waals surface area contributed by atoms with Gasteiger partial charge in [0.2, 0.25) is 6.29 Å². The van der Waals surface area contributed by atoms with Crippen molar-refractivity contribution in [1.82, 2.24) is 0 Å². The van der Waals surface area contributed by atoms with E-state index in [0.717, 1.165) is 35.6 Å². The number of fused-ring (bicyclic) bond motifs is 1. The summed E-state index contributed by atoms with van der Waals surface area (Å²) in [6.45, 7) is 6.56. The second-order valence-electron chi connectivity index (χ2n) is 9.33. The molecule has 2 saturated heterocycles. The summed E-state index contributed by atoms with van der Waals surface area (Å²) in [4.78, 5) is 12.1. The molecule has 5 nitrogen and oxygen atoms in total. The van der Waals surface area contributed by atoms with Crippen LogP contribution in [-0.2, 0) is 19.0 Å². The maximum absolute atomic E-state index is 12.1. The van der Waals surface area contributed by atoms with Gasteiger partial charge in [0.25, 0.3) is 0 Å². The summed E-state index contributed by atoms with van der Waals surface area (Å²) in [5, 5.41) is 12.9. The highest BCUT2D eigenvalue weighted by atomic mass is 16.7. The van der Waals surface area contributed by atoms with Gasteiger partial charge in [-0.3, -0.25) is 4.79 Å². The highest BCUT2D eigenvalue weighted by molar-refractivity contribution is 5.88. The number of carbonyl (C=O) groups excluding carboxylic acids is 1. The number of aromatic hydroxyl groups is 1. The molecule has 0 aromatic heterocycles. The summed E-state index contributed by atoms with van der Waals surface area (Å²) in [5.74, 6) is 0.974. The van der Waals surface area contributed by atoms with Gasteiger partial charge in [-0.25, -0.2) is 0 Å². The SMILES string of the molecule is CC(=O)O[C@H]1O[C@@H](c2c(O)ccc3ccccc23)[C@H](C)[C@@H]2CC[C@@H](C)[C@@H]3CCO[C@@]123. The summed E-state index contributed by atoms with van der Waals surface area (Å²) in [5.41, 5.74) is 0.181. The molecule has 0 unspecified atom stereocenters. The van der Waals surface area contributed by atoms with E-state index < -0.39 is 11.9 Å². The van der Waals surface area contributed by atoms with E-state index in [2.05, 4.69) is 13.8 Å². The lowest BCUT2D eigenvalue weighted by molar-refractivity contribution is -0.329. The predicted octanol–water partition coefficient (Wildman–Crippen LogP) is 4.96. The van der Waals surface area contributed by atoms with Crippen molar-refractivity contribution in [2.24, 2.45) is 23.7 Å². The molecule has 2 aromatic carbocycles. The molecule has 1 aliphatic carbocycles. The van der Waals surface area contributed by atoms with Gasteiger partial charge in [-0.15, -0.1) is 0 Å². The van der Waals surface area contributed by atoms with Crippen molar-refractivity contribution in [2.75, 3.05) is 6.61 Å². The van der Waals surface area contributed by atoms with Gasteiger partial charge < -0.3 is 19.3 Å². The van der Waals surface area contributed by atoms with Crippen LogP contribution in [0.5, 0.6) is 5.75 Å². The first-order chi connectivity index (χ1) is 14.4. The zero-order valence-electron chi connectivity index (χ0n) is 17.8. The van der Waals surface area contributed by atoms with Crippen LogP contribution in [-0.4, -0.2) is 29.6 Å². The third kappa shape index (κ3) is 2.78. The highest BCUT2D eigenvalue weighted by Gasteiger charge is 2.65. The number of hydrogen-bond acceptors (Lipinski definition) is 5. The zero-order valence-corrected chi connectivity index (χ0v) is 17.8. The molecule has 1 N–H and O–H groups in total. The van der Waals surface area contributed by atoms with Crippen molar-refractivity contribution in [3.8, 4) is 5.75 Å². The molecule has 3 aliphatic rings. The van der Waals surface area contributed by atoms with Crippen LogP contribution >= 0.6 is 0 Å². The molecule has 5 heteroatoms. The number of phenols is 1. The summed E-state index contributed by atoms with van der Waals surface area (Å²) >= 11 is 0. The molecule has 0 radical (unpaired) electrons. The predicted molar refractivity (Wildman–Crippen MR) is 113 cm³/mol. The first-order valence-corrected chi connectivity index (χ1v) is 11.1. The van der Waals surface area contributed by atoms with Gasteiger partial charge in [0.05, 0.1) is 6.10 Å². The van der Waals surface area contributed by atoms with E-state index in [9.17, 15) is 9.90 Å². The smallest absolute Gasteiger partial charge is 0.305 e. The van der Waals surface area contributed by atoms with Crippen molar-refractivity contribution >= 4 is 16.7 Å². The molecule has 2 aromatic rings. The molecule has 160 valence electrons. The lowest BCUT2D eigenvalue weighted by Crippen LogP contribution is -2.64. The van der Waals surface area contributed by atoms with E-state index in [1.807, 2.05) is 30.3 Å². The van der Waals surface area contributed by atoms with Crippen molar-refractivity contribution in [3.05, 3.63) is 42.0 Å². The number of phenolic OH excluding ortho intramolecular Hbond substituents is 1. The fourth-order valence-corrected chi connectivity index (χ4v) is 6.53. The van der Waals surface area contributed by atoms with E-state index in [1.165, 1.54) is 6.92 Å². The maximum atomic E-state index is 12.1. The Hall–Kier alpha value is -2.11. The Balaban J connectivity index is 1.64. The van der Waals surface area contributed by atoms with Crippen LogP contribution in [0.1, 0.15) is 51.7 Å². The van der Waals surface area contributed by atoms with E-state index in [-0.39, 0.29) is 29.7 Å². The van der Waals surface area contributed by atoms with Crippen molar-refractivity contribution in [1.29, 1.82) is 0 Å². The molecule has 5 rings (SSSR count). The number of carbonyl (C=O) groups is 1. The second-order valence-corrected chi connectivity index (χ2v) is 9.33. The van der Waals surface area contributed by atoms with Crippen LogP contribution in [0, 0.1) is 23.7 Å². The third-order valence-electron chi connectivity index (χ3n) is 7.82. The van der Waals surface area contributed by atoms with Crippen molar-refractivity contribution in [2.45, 2.75) is 58.0 Å². The standard InChI is InChI=1S/C25H30O5/c1-14-8-10-20-15(2)23(22-18-7-5-4-6-17(18)9-11-21(22)27)30-24(29-16(3)26)25(20)19(14)12-13-28-25/h4-7,9,11,14-15,19-20,23-24,27H,8,10,12-13H2,1-3H3/t14-,15-,19+,20+,23-,24+,25-/m1/s1. The quantitative estimate of drug-likeness (QED) is 0.709. The number of benzene rings is 2. The molecule has 3 fully saturated rings. The first kappa shape index (κ1) is 19.8. The molecule has 2 aliphatic heterocycles. The highest BCUT2D eigenvalue weighted by Crippen LogP contribution is 2.60. The lowest BCUT2D eigenvalue weighted by atomic mass is 9.58. The Bertz CT molecular complexity index is 971. The van der Waals surface area contributed by atoms with Crippen LogP contribution in [0.3, 0.4) is 0 Å². The minimum atomic E-state index is -0.769. The van der Waals surface area contributed by atoms with Crippen LogP contribution in [0.15, 0.2) is 36.4 Å². The largest absolute Gasteiger partial charge is 0.508 e. The molecule has 1 spiro atoms. The number of hydrogen-bond donors (Lipinski definition) is 1. The normalized spacial score (nSPS) is 38.1. The molecule has 1 saturated carbocycles. The monoisotopic (exact) mass is 410 g/mol. The number of rotatable bonds is 2. The van der Waals surface area contributed by atoms with Crippen molar-refractivity contribution in [3.63, 3.8) is 0 Å². The van der Waals surface area contributed by atoms with Crippen LogP contribution in [0.2, 0.25) is 0 Å². The molecule has 7 atom stereocenters. The van der Waals surface area contributed by atoms with E-state index in [0.29, 0.717) is 18.4 Å². The fourth-order valence-electron chi connectivity index (χ4n) is 6.53. The van der Waals surface area contributed by atoms with Gasteiger partial charge in [-0.05, 0) is 59.8 Å². The average molecular weight is 411 g/mol. The van der Waals surface area contributed by atoms with Gasteiger partial charge in [-0.1, -0.05) is 44.2 Å². The van der Waals surface area contributed by atoms with Crippen molar-refractivity contribution < 1.29 is 24.1 Å². The molecule has 2 heterocycles. The lowest BCUT2D eigenvalue weighted by Gasteiger charge is -2.57. The van der Waals surface area contributed by atoms with Gasteiger partial charge in [-0.2, -0.15) is 0 Å². The summed E-state index contributed by atoms with van der Waals surface area (Å²) in [7, 11) is 0.